The molecular formula is C13H10ClNO3S2. The number of amides is 1. The molecule has 1 aliphatic rings. The van der Waals surface area contributed by atoms with Crippen LogP contribution in [-0.4, -0.2) is 32.7 Å². The van der Waals surface area contributed by atoms with Gasteiger partial charge in [0, 0.05) is 11.6 Å². The van der Waals surface area contributed by atoms with E-state index in [4.69, 9.17) is 28.9 Å². The van der Waals surface area contributed by atoms with Gasteiger partial charge in [-0.25, -0.2) is 0 Å². The second kappa shape index (κ2) is 6.39. The van der Waals surface area contributed by atoms with E-state index >= 15 is 0 Å². The minimum atomic E-state index is -0.960. The Morgan fingerprint density at radius 1 is 1.50 bits per heavy atom. The molecule has 7 heteroatoms. The molecule has 1 N–H and O–H groups in total. The molecule has 4 nitrogen and oxygen atoms in total. The third-order valence-electron chi connectivity index (χ3n) is 2.57. The first-order valence-corrected chi connectivity index (χ1v) is 7.30. The molecule has 0 saturated carbocycles. The Hall–Kier alpha value is -1.37. The summed E-state index contributed by atoms with van der Waals surface area (Å²) in [5, 5.41) is 9.24. The second-order valence-corrected chi connectivity index (χ2v) is 6.14. The number of hydrogen-bond acceptors (Lipinski definition) is 4. The summed E-state index contributed by atoms with van der Waals surface area (Å²) >= 11 is 12.2. The molecular weight excluding hydrogens is 318 g/mol. The Labute approximate surface area is 130 Å². The van der Waals surface area contributed by atoms with E-state index in [0.717, 1.165) is 5.56 Å². The zero-order valence-corrected chi connectivity index (χ0v) is 12.6. The van der Waals surface area contributed by atoms with Gasteiger partial charge >= 0.3 is 5.97 Å². The van der Waals surface area contributed by atoms with Crippen molar-refractivity contribution < 1.29 is 14.7 Å². The molecule has 1 aromatic carbocycles. The standard InChI is InChI=1S/C13H10ClNO3S2/c14-9-3-1-2-8(6-9)7-10-12(18)15(13(19)20-10)5-4-11(16)17/h1-3,6-7H,4-5H2,(H,16,17). The van der Waals surface area contributed by atoms with E-state index in [9.17, 15) is 9.59 Å². The Morgan fingerprint density at radius 3 is 2.90 bits per heavy atom. The Balaban J connectivity index is 2.17. The number of aliphatic carboxylic acids is 1. The van der Waals surface area contributed by atoms with E-state index in [1.54, 1.807) is 24.3 Å². The van der Waals surface area contributed by atoms with Crippen molar-refractivity contribution in [3.63, 3.8) is 0 Å². The van der Waals surface area contributed by atoms with Crippen LogP contribution in [0.4, 0.5) is 0 Å². The van der Waals surface area contributed by atoms with Gasteiger partial charge in [0.05, 0.1) is 11.3 Å². The van der Waals surface area contributed by atoms with Gasteiger partial charge in [0.1, 0.15) is 4.32 Å². The maximum Gasteiger partial charge on any atom is 0.305 e. The average Bonchev–Trinajstić information content (AvgIpc) is 2.62. The van der Waals surface area contributed by atoms with Gasteiger partial charge in [0.25, 0.3) is 5.91 Å². The number of carbonyl (C=O) groups excluding carboxylic acids is 1. The van der Waals surface area contributed by atoms with Gasteiger partial charge in [-0.3, -0.25) is 14.5 Å². The fourth-order valence-corrected chi connectivity index (χ4v) is 3.16. The molecule has 1 fully saturated rings. The lowest BCUT2D eigenvalue weighted by Gasteiger charge is -2.12. The third-order valence-corrected chi connectivity index (χ3v) is 4.18. The van der Waals surface area contributed by atoms with E-state index in [2.05, 4.69) is 0 Å². The molecule has 1 aromatic rings. The lowest BCUT2D eigenvalue weighted by molar-refractivity contribution is -0.137. The summed E-state index contributed by atoms with van der Waals surface area (Å²) in [4.78, 5) is 24.5. The topological polar surface area (TPSA) is 57.6 Å². The molecule has 0 aromatic heterocycles. The van der Waals surface area contributed by atoms with Crippen LogP contribution in [0, 0.1) is 0 Å². The normalized spacial score (nSPS) is 17.1. The highest BCUT2D eigenvalue weighted by Crippen LogP contribution is 2.32. The van der Waals surface area contributed by atoms with Crippen LogP contribution in [-0.2, 0) is 9.59 Å². The van der Waals surface area contributed by atoms with E-state index in [1.165, 1.54) is 16.7 Å². The quantitative estimate of drug-likeness (QED) is 0.680. The highest BCUT2D eigenvalue weighted by atomic mass is 35.5. The van der Waals surface area contributed by atoms with E-state index in [0.29, 0.717) is 14.2 Å². The molecule has 1 aliphatic heterocycles. The van der Waals surface area contributed by atoms with Crippen molar-refractivity contribution in [3.05, 3.63) is 39.8 Å². The van der Waals surface area contributed by atoms with Gasteiger partial charge < -0.3 is 5.11 Å². The first-order chi connectivity index (χ1) is 9.47. The molecule has 0 spiro atoms. The second-order valence-electron chi connectivity index (χ2n) is 4.03. The number of thioether (sulfide) groups is 1. The minimum Gasteiger partial charge on any atom is -0.481 e. The maximum absolute atomic E-state index is 12.1. The van der Waals surface area contributed by atoms with Gasteiger partial charge in [-0.05, 0) is 23.8 Å². The SMILES string of the molecule is O=C(O)CCN1C(=O)C(=Cc2cccc(Cl)c2)SC1=S. The number of benzene rings is 1. The van der Waals surface area contributed by atoms with Crippen LogP contribution >= 0.6 is 35.6 Å². The van der Waals surface area contributed by atoms with Crippen LogP contribution in [0.5, 0.6) is 0 Å². The number of thiocarbonyl (C=S) groups is 1. The monoisotopic (exact) mass is 327 g/mol. The van der Waals surface area contributed by atoms with Crippen molar-refractivity contribution in [1.29, 1.82) is 0 Å². The van der Waals surface area contributed by atoms with Crippen LogP contribution in [0.25, 0.3) is 6.08 Å². The average molecular weight is 328 g/mol. The first-order valence-electron chi connectivity index (χ1n) is 5.70. The summed E-state index contributed by atoms with van der Waals surface area (Å²) in [5.74, 6) is -1.22. The van der Waals surface area contributed by atoms with Gasteiger partial charge in [-0.2, -0.15) is 0 Å². The zero-order valence-electron chi connectivity index (χ0n) is 10.2. The summed E-state index contributed by atoms with van der Waals surface area (Å²) in [6.45, 7) is 0.0902. The Kier molecular flexibility index (Phi) is 4.80. The largest absolute Gasteiger partial charge is 0.481 e. The van der Waals surface area contributed by atoms with Crippen molar-refractivity contribution in [2.75, 3.05) is 6.54 Å². The molecule has 20 heavy (non-hydrogen) atoms. The van der Waals surface area contributed by atoms with Crippen molar-refractivity contribution >= 4 is 57.9 Å². The number of carboxylic acids is 1. The summed E-state index contributed by atoms with van der Waals surface area (Å²) in [6, 6.07) is 7.11. The van der Waals surface area contributed by atoms with Crippen LogP contribution in [0.2, 0.25) is 5.02 Å². The van der Waals surface area contributed by atoms with Crippen molar-refractivity contribution in [1.82, 2.24) is 4.90 Å². The number of rotatable bonds is 4. The first kappa shape index (κ1) is 15.0. The summed E-state index contributed by atoms with van der Waals surface area (Å²) in [6.07, 6.45) is 1.57. The maximum atomic E-state index is 12.1. The number of halogens is 1. The van der Waals surface area contributed by atoms with E-state index < -0.39 is 5.97 Å². The number of carbonyl (C=O) groups is 2. The Morgan fingerprint density at radius 2 is 2.25 bits per heavy atom. The van der Waals surface area contributed by atoms with E-state index in [1.807, 2.05) is 6.07 Å². The summed E-state index contributed by atoms with van der Waals surface area (Å²) in [7, 11) is 0. The summed E-state index contributed by atoms with van der Waals surface area (Å²) in [5.41, 5.74) is 0.802. The smallest absolute Gasteiger partial charge is 0.305 e. The molecule has 0 radical (unpaired) electrons. The molecule has 2 rings (SSSR count). The van der Waals surface area contributed by atoms with Gasteiger partial charge in [0.2, 0.25) is 0 Å². The van der Waals surface area contributed by atoms with Crippen molar-refractivity contribution in [2.24, 2.45) is 0 Å². The van der Waals surface area contributed by atoms with Crippen molar-refractivity contribution in [2.45, 2.75) is 6.42 Å². The van der Waals surface area contributed by atoms with Gasteiger partial charge in [-0.15, -0.1) is 0 Å². The highest BCUT2D eigenvalue weighted by molar-refractivity contribution is 8.26. The predicted octanol–water partition coefficient (Wildman–Crippen LogP) is 3.02. The number of carboxylic acid groups (broad SMARTS) is 1. The highest BCUT2D eigenvalue weighted by Gasteiger charge is 2.31. The predicted molar refractivity (Wildman–Crippen MR) is 83.6 cm³/mol. The Bertz CT molecular complexity index is 615. The molecule has 0 atom stereocenters. The summed E-state index contributed by atoms with van der Waals surface area (Å²) < 4.78 is 0.379. The number of nitrogens with zero attached hydrogens (tertiary/aromatic N) is 1. The van der Waals surface area contributed by atoms with Crippen LogP contribution in [0.15, 0.2) is 29.2 Å². The van der Waals surface area contributed by atoms with Crippen LogP contribution < -0.4 is 0 Å². The minimum absolute atomic E-state index is 0.0902. The lowest BCUT2D eigenvalue weighted by atomic mass is 10.2. The molecule has 0 bridgehead atoms. The van der Waals surface area contributed by atoms with Crippen LogP contribution in [0.3, 0.4) is 0 Å². The van der Waals surface area contributed by atoms with E-state index in [-0.39, 0.29) is 18.9 Å². The number of hydrogen-bond donors (Lipinski definition) is 1. The van der Waals surface area contributed by atoms with Gasteiger partial charge in [0.15, 0.2) is 0 Å². The van der Waals surface area contributed by atoms with Gasteiger partial charge in [-0.1, -0.05) is 47.7 Å². The zero-order chi connectivity index (χ0) is 14.7. The third kappa shape index (κ3) is 3.59. The van der Waals surface area contributed by atoms with Crippen LogP contribution in [0.1, 0.15) is 12.0 Å². The molecule has 1 heterocycles. The van der Waals surface area contributed by atoms with Crippen molar-refractivity contribution in [3.8, 4) is 0 Å². The molecule has 1 amide bonds. The fourth-order valence-electron chi connectivity index (χ4n) is 1.65. The molecule has 104 valence electrons. The molecule has 0 unspecified atom stereocenters. The molecule has 0 aliphatic carbocycles. The fraction of sp³-hybridized carbons (Fsp3) is 0.154. The molecule has 1 saturated heterocycles. The lowest BCUT2D eigenvalue weighted by Crippen LogP contribution is -2.30.